The Morgan fingerprint density at radius 2 is 1.80 bits per heavy atom. The Labute approximate surface area is 181 Å². The molecule has 1 saturated heterocycles. The van der Waals surface area contributed by atoms with Crippen molar-refractivity contribution in [2.45, 2.75) is 103 Å². The van der Waals surface area contributed by atoms with Crippen molar-refractivity contribution in [3.63, 3.8) is 0 Å². The van der Waals surface area contributed by atoms with Gasteiger partial charge in [0.1, 0.15) is 0 Å². The quantitative estimate of drug-likeness (QED) is 0.437. The average molecular weight is 418 g/mol. The van der Waals surface area contributed by atoms with Gasteiger partial charge in [-0.1, -0.05) is 65.0 Å². The van der Waals surface area contributed by atoms with Crippen LogP contribution in [0, 0.1) is 0 Å². The van der Waals surface area contributed by atoms with Crippen LogP contribution in [0.1, 0.15) is 90.5 Å². The van der Waals surface area contributed by atoms with Crippen LogP contribution in [0.25, 0.3) is 0 Å². The molecule has 2 atom stereocenters. The molecule has 1 heterocycles. The fraction of sp³-hybridized carbons (Fsp3) is 0.680. The molecule has 0 amide bonds. The Bertz CT molecular complexity index is 683. The molecule has 1 fully saturated rings. The van der Waals surface area contributed by atoms with Crippen molar-refractivity contribution in [1.29, 1.82) is 0 Å². The second-order valence-electron chi connectivity index (χ2n) is 9.20. The summed E-state index contributed by atoms with van der Waals surface area (Å²) in [7, 11) is 0. The van der Waals surface area contributed by atoms with Gasteiger partial charge < -0.3 is 15.1 Å². The number of aliphatic hydroxyl groups is 1. The number of unbranched alkanes of at least 4 members (excludes halogenated alkanes) is 4. The number of aliphatic hydroxyl groups excluding tert-OH is 1. The molecule has 1 aliphatic rings. The lowest BCUT2D eigenvalue weighted by Crippen LogP contribution is -2.34. The van der Waals surface area contributed by atoms with Gasteiger partial charge in [0.2, 0.25) is 0 Å². The zero-order valence-corrected chi connectivity index (χ0v) is 18.9. The van der Waals surface area contributed by atoms with E-state index in [1.54, 1.807) is 0 Å². The maximum absolute atomic E-state index is 12.4. The number of carbonyl (C=O) groups is 2. The molecule has 1 aliphatic heterocycles. The molecule has 5 nitrogen and oxygen atoms in total. The number of carbonyl (C=O) groups excluding carboxylic acids is 1. The Hall–Kier alpha value is -1.88. The smallest absolute Gasteiger partial charge is 0.303 e. The van der Waals surface area contributed by atoms with Gasteiger partial charge in [0, 0.05) is 30.5 Å². The SMILES string of the molecule is CCCCC(O)C(C)(C)c1ccc(N2CCC(=O)C2CCCCCCC(=O)O)cc1. The molecule has 0 radical (unpaired) electrons. The fourth-order valence-corrected chi connectivity index (χ4v) is 4.35. The van der Waals surface area contributed by atoms with Crippen LogP contribution in [0.5, 0.6) is 0 Å². The van der Waals surface area contributed by atoms with Crippen molar-refractivity contribution in [3.05, 3.63) is 29.8 Å². The van der Waals surface area contributed by atoms with Crippen LogP contribution in [0.15, 0.2) is 24.3 Å². The molecular weight excluding hydrogens is 378 g/mol. The van der Waals surface area contributed by atoms with Gasteiger partial charge >= 0.3 is 5.97 Å². The van der Waals surface area contributed by atoms with Crippen molar-refractivity contribution < 1.29 is 19.8 Å². The van der Waals surface area contributed by atoms with Gasteiger partial charge in [-0.25, -0.2) is 0 Å². The van der Waals surface area contributed by atoms with Gasteiger partial charge in [0.05, 0.1) is 12.1 Å². The lowest BCUT2D eigenvalue weighted by Gasteiger charge is -2.32. The lowest BCUT2D eigenvalue weighted by atomic mass is 9.77. The van der Waals surface area contributed by atoms with E-state index < -0.39 is 5.97 Å². The van der Waals surface area contributed by atoms with Crippen molar-refractivity contribution in [2.75, 3.05) is 11.4 Å². The number of ketones is 1. The molecule has 0 aliphatic carbocycles. The first-order valence-corrected chi connectivity index (χ1v) is 11.6. The van der Waals surface area contributed by atoms with Crippen LogP contribution in [0.4, 0.5) is 5.69 Å². The molecule has 168 valence electrons. The van der Waals surface area contributed by atoms with Crippen LogP contribution in [0.3, 0.4) is 0 Å². The number of carboxylic acids is 1. The minimum Gasteiger partial charge on any atom is -0.481 e. The fourth-order valence-electron chi connectivity index (χ4n) is 4.35. The molecule has 2 unspecified atom stereocenters. The Balaban J connectivity index is 1.95. The summed E-state index contributed by atoms with van der Waals surface area (Å²) < 4.78 is 0. The molecule has 2 rings (SSSR count). The topological polar surface area (TPSA) is 77.8 Å². The summed E-state index contributed by atoms with van der Waals surface area (Å²) >= 11 is 0. The second kappa shape index (κ2) is 11.5. The molecule has 2 N–H and O–H groups in total. The lowest BCUT2D eigenvalue weighted by molar-refractivity contribution is -0.137. The number of Topliss-reactive ketones (excluding diaryl/α,β-unsaturated/α-hetero) is 1. The summed E-state index contributed by atoms with van der Waals surface area (Å²) in [5, 5.41) is 19.3. The summed E-state index contributed by atoms with van der Waals surface area (Å²) in [4.78, 5) is 25.2. The molecule has 0 aromatic heterocycles. The minimum atomic E-state index is -0.739. The van der Waals surface area contributed by atoms with E-state index in [0.717, 1.165) is 62.7 Å². The highest BCUT2D eigenvalue weighted by molar-refractivity contribution is 5.90. The van der Waals surface area contributed by atoms with E-state index in [1.807, 2.05) is 0 Å². The largest absolute Gasteiger partial charge is 0.481 e. The van der Waals surface area contributed by atoms with E-state index in [-0.39, 0.29) is 24.0 Å². The van der Waals surface area contributed by atoms with Crippen LogP contribution >= 0.6 is 0 Å². The van der Waals surface area contributed by atoms with Crippen molar-refractivity contribution in [1.82, 2.24) is 0 Å². The normalized spacial score (nSPS) is 18.1. The first-order valence-electron chi connectivity index (χ1n) is 11.6. The molecule has 0 saturated carbocycles. The summed E-state index contributed by atoms with van der Waals surface area (Å²) in [5.41, 5.74) is 1.89. The van der Waals surface area contributed by atoms with Crippen LogP contribution in [-0.4, -0.2) is 40.7 Å². The van der Waals surface area contributed by atoms with Gasteiger partial charge in [0.15, 0.2) is 5.78 Å². The Morgan fingerprint density at radius 3 is 2.43 bits per heavy atom. The molecule has 1 aromatic carbocycles. The number of hydrogen-bond donors (Lipinski definition) is 2. The highest BCUT2D eigenvalue weighted by Gasteiger charge is 2.33. The maximum Gasteiger partial charge on any atom is 0.303 e. The van der Waals surface area contributed by atoms with Gasteiger partial charge in [-0.05, 0) is 37.0 Å². The standard InChI is InChI=1S/C25H39NO4/c1-4-5-11-23(28)25(2,3)19-13-15-20(16-14-19)26-18-17-22(27)21(26)10-8-6-7-9-12-24(29)30/h13-16,21,23,28H,4-12,17-18H2,1-3H3,(H,29,30). The van der Waals surface area contributed by atoms with Gasteiger partial charge in [0.25, 0.3) is 0 Å². The first kappa shape index (κ1) is 24.4. The van der Waals surface area contributed by atoms with Crippen LogP contribution < -0.4 is 4.90 Å². The van der Waals surface area contributed by atoms with E-state index in [2.05, 4.69) is 49.9 Å². The zero-order valence-electron chi connectivity index (χ0n) is 18.9. The first-order chi connectivity index (χ1) is 14.3. The Kier molecular flexibility index (Phi) is 9.35. The predicted octanol–water partition coefficient (Wildman–Crippen LogP) is 5.09. The summed E-state index contributed by atoms with van der Waals surface area (Å²) in [5.74, 6) is -0.434. The van der Waals surface area contributed by atoms with Crippen LogP contribution in [-0.2, 0) is 15.0 Å². The zero-order chi connectivity index (χ0) is 22.1. The van der Waals surface area contributed by atoms with E-state index >= 15 is 0 Å². The molecule has 5 heteroatoms. The minimum absolute atomic E-state index is 0.0709. The summed E-state index contributed by atoms with van der Waals surface area (Å²) in [6.45, 7) is 7.08. The maximum atomic E-state index is 12.4. The number of anilines is 1. The molecule has 0 spiro atoms. The van der Waals surface area contributed by atoms with Crippen molar-refractivity contribution in [2.24, 2.45) is 0 Å². The van der Waals surface area contributed by atoms with Gasteiger partial charge in [-0.15, -0.1) is 0 Å². The third kappa shape index (κ3) is 6.56. The number of aliphatic carboxylic acids is 1. The second-order valence-corrected chi connectivity index (χ2v) is 9.20. The highest BCUT2D eigenvalue weighted by Crippen LogP contribution is 2.33. The third-order valence-electron chi connectivity index (χ3n) is 6.57. The van der Waals surface area contributed by atoms with E-state index in [9.17, 15) is 14.7 Å². The summed E-state index contributed by atoms with van der Waals surface area (Å²) in [6.07, 6.45) is 7.70. The number of nitrogens with zero attached hydrogens (tertiary/aromatic N) is 1. The highest BCUT2D eigenvalue weighted by atomic mass is 16.4. The molecular formula is C25H39NO4. The third-order valence-corrected chi connectivity index (χ3v) is 6.57. The van der Waals surface area contributed by atoms with E-state index in [0.29, 0.717) is 18.6 Å². The van der Waals surface area contributed by atoms with Crippen molar-refractivity contribution >= 4 is 17.4 Å². The number of benzene rings is 1. The number of carboxylic acid groups (broad SMARTS) is 1. The Morgan fingerprint density at radius 1 is 1.13 bits per heavy atom. The van der Waals surface area contributed by atoms with E-state index in [4.69, 9.17) is 5.11 Å². The molecule has 0 bridgehead atoms. The predicted molar refractivity (Wildman–Crippen MR) is 121 cm³/mol. The monoisotopic (exact) mass is 417 g/mol. The van der Waals surface area contributed by atoms with Crippen LogP contribution in [0.2, 0.25) is 0 Å². The molecule has 1 aromatic rings. The van der Waals surface area contributed by atoms with E-state index in [1.165, 1.54) is 0 Å². The van der Waals surface area contributed by atoms with Crippen molar-refractivity contribution in [3.8, 4) is 0 Å². The number of hydrogen-bond acceptors (Lipinski definition) is 4. The number of rotatable bonds is 13. The summed E-state index contributed by atoms with van der Waals surface area (Å²) in [6, 6.07) is 8.29. The van der Waals surface area contributed by atoms with Gasteiger partial charge in [-0.3, -0.25) is 9.59 Å². The van der Waals surface area contributed by atoms with Gasteiger partial charge in [-0.2, -0.15) is 0 Å². The average Bonchev–Trinajstić information content (AvgIpc) is 3.09. The molecule has 30 heavy (non-hydrogen) atoms.